The van der Waals surface area contributed by atoms with E-state index in [9.17, 15) is 0 Å². The zero-order valence-corrected chi connectivity index (χ0v) is 12.9. The van der Waals surface area contributed by atoms with E-state index in [1.807, 2.05) is 23.5 Å². The number of hydrogen-bond donors (Lipinski definition) is 1. The molecule has 16 heavy (non-hydrogen) atoms. The lowest BCUT2D eigenvalue weighted by Crippen LogP contribution is -2.45. The first-order valence-corrected chi connectivity index (χ1v) is 8.89. The maximum absolute atomic E-state index is 5.89. The van der Waals surface area contributed by atoms with E-state index in [-0.39, 0.29) is 0 Å². The second-order valence-electron chi connectivity index (χ2n) is 4.21. The predicted molar refractivity (Wildman–Crippen MR) is 80.7 cm³/mol. The fourth-order valence-corrected chi connectivity index (χ4v) is 3.28. The van der Waals surface area contributed by atoms with Gasteiger partial charge in [0.2, 0.25) is 0 Å². The van der Waals surface area contributed by atoms with Gasteiger partial charge in [-0.15, -0.1) is 0 Å². The zero-order chi connectivity index (χ0) is 12.4. The molecule has 98 valence electrons. The first-order valence-electron chi connectivity index (χ1n) is 6.11. The molecule has 4 heteroatoms. The Labute approximate surface area is 110 Å². The van der Waals surface area contributed by atoms with Crippen LogP contribution in [0.2, 0.25) is 0 Å². The molecular weight excluding hydrogens is 236 g/mol. The fourth-order valence-electron chi connectivity index (χ4n) is 1.96. The third kappa shape index (κ3) is 6.38. The van der Waals surface area contributed by atoms with Crippen LogP contribution < -0.4 is 5.73 Å². The summed E-state index contributed by atoms with van der Waals surface area (Å²) in [5.41, 5.74) is 5.89. The van der Waals surface area contributed by atoms with Crippen LogP contribution in [-0.2, 0) is 0 Å². The third-order valence-electron chi connectivity index (χ3n) is 3.14. The van der Waals surface area contributed by atoms with Gasteiger partial charge in [-0.2, -0.15) is 23.5 Å². The molecule has 0 aliphatic heterocycles. The molecular formula is C12H28N2S2. The van der Waals surface area contributed by atoms with Gasteiger partial charge in [0.25, 0.3) is 0 Å². The van der Waals surface area contributed by atoms with E-state index in [2.05, 4.69) is 31.4 Å². The van der Waals surface area contributed by atoms with Gasteiger partial charge in [0.15, 0.2) is 0 Å². The van der Waals surface area contributed by atoms with Gasteiger partial charge in [0.05, 0.1) is 0 Å². The minimum Gasteiger partial charge on any atom is -0.329 e. The van der Waals surface area contributed by atoms with E-state index in [1.54, 1.807) is 0 Å². The van der Waals surface area contributed by atoms with Crippen LogP contribution in [0.4, 0.5) is 0 Å². The van der Waals surface area contributed by atoms with E-state index >= 15 is 0 Å². The number of rotatable bonds is 10. The second-order valence-corrected chi connectivity index (χ2v) is 6.10. The molecule has 0 radical (unpaired) electrons. The van der Waals surface area contributed by atoms with Gasteiger partial charge in [0, 0.05) is 24.4 Å². The SMILES string of the molecule is CCC(CSC)N(C)C(CN)CCCSC. The second kappa shape index (κ2) is 10.8. The highest BCUT2D eigenvalue weighted by Crippen LogP contribution is 2.15. The molecule has 0 aromatic rings. The summed E-state index contributed by atoms with van der Waals surface area (Å²) in [6.07, 6.45) is 8.09. The van der Waals surface area contributed by atoms with Crippen LogP contribution in [-0.4, -0.2) is 54.6 Å². The molecule has 0 amide bonds. The Bertz CT molecular complexity index is 156. The molecule has 2 atom stereocenters. The monoisotopic (exact) mass is 264 g/mol. The molecule has 2 N–H and O–H groups in total. The smallest absolute Gasteiger partial charge is 0.0218 e. The Morgan fingerprint density at radius 1 is 1.19 bits per heavy atom. The van der Waals surface area contributed by atoms with Crippen molar-refractivity contribution >= 4 is 23.5 Å². The van der Waals surface area contributed by atoms with Crippen LogP contribution in [0, 0.1) is 0 Å². The summed E-state index contributed by atoms with van der Waals surface area (Å²) in [5, 5.41) is 0. The van der Waals surface area contributed by atoms with Crippen LogP contribution in [0.5, 0.6) is 0 Å². The lowest BCUT2D eigenvalue weighted by molar-refractivity contribution is 0.177. The molecule has 0 heterocycles. The number of nitrogens with two attached hydrogens (primary N) is 1. The Hall–Kier alpha value is 0.620. The highest BCUT2D eigenvalue weighted by molar-refractivity contribution is 7.98. The van der Waals surface area contributed by atoms with E-state index in [0.717, 1.165) is 6.54 Å². The lowest BCUT2D eigenvalue weighted by atomic mass is 10.1. The minimum atomic E-state index is 0.559. The number of hydrogen-bond acceptors (Lipinski definition) is 4. The Morgan fingerprint density at radius 2 is 1.88 bits per heavy atom. The summed E-state index contributed by atoms with van der Waals surface area (Å²) >= 11 is 3.86. The van der Waals surface area contributed by atoms with Crippen molar-refractivity contribution in [2.45, 2.75) is 38.3 Å². The maximum atomic E-state index is 5.89. The molecule has 0 saturated carbocycles. The quantitative estimate of drug-likeness (QED) is 0.614. The number of nitrogens with zero attached hydrogens (tertiary/aromatic N) is 1. The van der Waals surface area contributed by atoms with Gasteiger partial charge < -0.3 is 5.73 Å². The van der Waals surface area contributed by atoms with Gasteiger partial charge >= 0.3 is 0 Å². The third-order valence-corrected chi connectivity index (χ3v) is 4.56. The fraction of sp³-hybridized carbons (Fsp3) is 1.00. The van der Waals surface area contributed by atoms with Gasteiger partial charge in [-0.25, -0.2) is 0 Å². The largest absolute Gasteiger partial charge is 0.329 e. The van der Waals surface area contributed by atoms with E-state index < -0.39 is 0 Å². The van der Waals surface area contributed by atoms with Crippen molar-refractivity contribution in [2.24, 2.45) is 5.73 Å². The molecule has 0 aliphatic carbocycles. The van der Waals surface area contributed by atoms with Crippen molar-refractivity contribution in [3.8, 4) is 0 Å². The van der Waals surface area contributed by atoms with Crippen molar-refractivity contribution in [1.29, 1.82) is 0 Å². The van der Waals surface area contributed by atoms with Gasteiger partial charge in [0.1, 0.15) is 0 Å². The van der Waals surface area contributed by atoms with Gasteiger partial charge in [-0.05, 0) is 44.6 Å². The minimum absolute atomic E-state index is 0.559. The van der Waals surface area contributed by atoms with Gasteiger partial charge in [-0.3, -0.25) is 4.90 Å². The summed E-state index contributed by atoms with van der Waals surface area (Å²) in [6, 6.07) is 1.24. The first kappa shape index (κ1) is 16.6. The molecule has 0 aromatic carbocycles. The first-order chi connectivity index (χ1) is 7.71. The van der Waals surface area contributed by atoms with Crippen LogP contribution in [0.3, 0.4) is 0 Å². The molecule has 2 nitrogen and oxygen atoms in total. The van der Waals surface area contributed by atoms with Crippen molar-refractivity contribution in [1.82, 2.24) is 4.90 Å². The maximum Gasteiger partial charge on any atom is 0.0218 e. The van der Waals surface area contributed by atoms with Crippen LogP contribution >= 0.6 is 23.5 Å². The standard InChI is InChI=1S/C12H28N2S2/c1-5-11(10-16-4)14(2)12(9-13)7-6-8-15-3/h11-12H,5-10,13H2,1-4H3. The number of thioether (sulfide) groups is 2. The van der Waals surface area contributed by atoms with Crippen LogP contribution in [0.15, 0.2) is 0 Å². The van der Waals surface area contributed by atoms with Gasteiger partial charge in [-0.1, -0.05) is 6.92 Å². The van der Waals surface area contributed by atoms with E-state index in [0.29, 0.717) is 12.1 Å². The number of likely N-dealkylation sites (N-methyl/N-ethyl adjacent to an activating group) is 1. The van der Waals surface area contributed by atoms with Crippen molar-refractivity contribution in [2.75, 3.05) is 37.6 Å². The highest BCUT2D eigenvalue weighted by atomic mass is 32.2. The summed E-state index contributed by atoms with van der Waals surface area (Å²) < 4.78 is 0. The van der Waals surface area contributed by atoms with Crippen LogP contribution in [0.1, 0.15) is 26.2 Å². The topological polar surface area (TPSA) is 29.3 Å². The average molecular weight is 265 g/mol. The zero-order valence-electron chi connectivity index (χ0n) is 11.2. The van der Waals surface area contributed by atoms with E-state index in [1.165, 1.54) is 30.8 Å². The van der Waals surface area contributed by atoms with Crippen molar-refractivity contribution in [3.05, 3.63) is 0 Å². The summed E-state index contributed by atoms with van der Waals surface area (Å²) in [6.45, 7) is 3.06. The van der Waals surface area contributed by atoms with Crippen molar-refractivity contribution < 1.29 is 0 Å². The Kier molecular flexibility index (Phi) is 11.2. The molecule has 0 fully saturated rings. The normalized spacial score (nSPS) is 15.4. The summed E-state index contributed by atoms with van der Waals surface area (Å²) in [5.74, 6) is 2.47. The lowest BCUT2D eigenvalue weighted by Gasteiger charge is -2.34. The molecule has 0 saturated heterocycles. The molecule has 0 aliphatic rings. The molecule has 0 bridgehead atoms. The van der Waals surface area contributed by atoms with Crippen LogP contribution in [0.25, 0.3) is 0 Å². The summed E-state index contributed by atoms with van der Waals surface area (Å²) in [7, 11) is 2.24. The summed E-state index contributed by atoms with van der Waals surface area (Å²) in [4.78, 5) is 2.50. The molecule has 2 unspecified atom stereocenters. The predicted octanol–water partition coefficient (Wildman–Crippen LogP) is 2.53. The van der Waals surface area contributed by atoms with Crippen molar-refractivity contribution in [3.63, 3.8) is 0 Å². The van der Waals surface area contributed by atoms with E-state index in [4.69, 9.17) is 5.73 Å². The Morgan fingerprint density at radius 3 is 2.31 bits per heavy atom. The molecule has 0 spiro atoms. The Balaban J connectivity index is 4.09. The average Bonchev–Trinajstić information content (AvgIpc) is 2.31. The molecule has 0 rings (SSSR count). The highest BCUT2D eigenvalue weighted by Gasteiger charge is 2.19. The molecule has 0 aromatic heterocycles.